The first kappa shape index (κ1) is 15.2. The quantitative estimate of drug-likeness (QED) is 0.758. The van der Waals surface area contributed by atoms with Crippen molar-refractivity contribution in [3.8, 4) is 6.07 Å². The minimum Gasteiger partial charge on any atom is -0.387 e. The van der Waals surface area contributed by atoms with E-state index >= 15 is 0 Å². The Labute approximate surface area is 135 Å². The topological polar surface area (TPSA) is 56.0 Å². The number of rotatable bonds is 5. The van der Waals surface area contributed by atoms with Crippen LogP contribution in [0.2, 0.25) is 0 Å². The van der Waals surface area contributed by atoms with Crippen LogP contribution >= 0.6 is 0 Å². The molecular formula is C20H18N2O. The summed E-state index contributed by atoms with van der Waals surface area (Å²) in [6.07, 6.45) is -0.544. The van der Waals surface area contributed by atoms with Crippen molar-refractivity contribution < 1.29 is 5.11 Å². The highest BCUT2D eigenvalue weighted by Crippen LogP contribution is 2.20. The van der Waals surface area contributed by atoms with Gasteiger partial charge in [0.2, 0.25) is 0 Å². The van der Waals surface area contributed by atoms with Crippen LogP contribution in [0, 0.1) is 11.3 Å². The molecule has 3 rings (SSSR count). The smallest absolute Gasteiger partial charge is 0.0991 e. The third kappa shape index (κ3) is 3.75. The van der Waals surface area contributed by atoms with Gasteiger partial charge in [-0.15, -0.1) is 0 Å². The van der Waals surface area contributed by atoms with Crippen molar-refractivity contribution in [3.05, 3.63) is 83.4 Å². The van der Waals surface area contributed by atoms with Crippen LogP contribution in [0.1, 0.15) is 22.8 Å². The molecule has 1 atom stereocenters. The van der Waals surface area contributed by atoms with Crippen LogP contribution in [0.25, 0.3) is 10.8 Å². The Morgan fingerprint density at radius 2 is 1.70 bits per heavy atom. The number of aliphatic hydroxyl groups is 1. The van der Waals surface area contributed by atoms with Crippen molar-refractivity contribution >= 4 is 10.8 Å². The lowest BCUT2D eigenvalue weighted by Gasteiger charge is -2.13. The summed E-state index contributed by atoms with van der Waals surface area (Å²) >= 11 is 0. The Balaban J connectivity index is 1.59. The van der Waals surface area contributed by atoms with Gasteiger partial charge in [-0.2, -0.15) is 5.26 Å². The number of nitriles is 1. The monoisotopic (exact) mass is 302 g/mol. The maximum atomic E-state index is 10.3. The van der Waals surface area contributed by atoms with Gasteiger partial charge in [0.15, 0.2) is 0 Å². The minimum atomic E-state index is -0.544. The molecule has 0 spiro atoms. The van der Waals surface area contributed by atoms with Gasteiger partial charge < -0.3 is 10.4 Å². The fourth-order valence-electron chi connectivity index (χ4n) is 2.58. The molecule has 0 saturated carbocycles. The van der Waals surface area contributed by atoms with Crippen molar-refractivity contribution in [2.75, 3.05) is 6.54 Å². The number of aliphatic hydroxyl groups excluding tert-OH is 1. The molecular weight excluding hydrogens is 284 g/mol. The van der Waals surface area contributed by atoms with E-state index in [-0.39, 0.29) is 0 Å². The van der Waals surface area contributed by atoms with E-state index in [9.17, 15) is 5.11 Å². The summed E-state index contributed by atoms with van der Waals surface area (Å²) in [5.41, 5.74) is 2.66. The second-order valence-corrected chi connectivity index (χ2v) is 5.56. The Hall–Kier alpha value is -2.67. The predicted octanol–water partition coefficient (Wildman–Crippen LogP) is 3.53. The first-order valence-electron chi connectivity index (χ1n) is 7.63. The molecule has 3 heteroatoms. The molecule has 23 heavy (non-hydrogen) atoms. The average molecular weight is 302 g/mol. The lowest BCUT2D eigenvalue weighted by molar-refractivity contribution is 0.174. The van der Waals surface area contributed by atoms with E-state index in [1.807, 2.05) is 42.5 Å². The van der Waals surface area contributed by atoms with Gasteiger partial charge in [0, 0.05) is 13.1 Å². The Morgan fingerprint density at radius 3 is 2.43 bits per heavy atom. The Kier molecular flexibility index (Phi) is 4.68. The second-order valence-electron chi connectivity index (χ2n) is 5.56. The number of benzene rings is 3. The molecule has 0 heterocycles. The molecule has 1 unspecified atom stereocenters. The van der Waals surface area contributed by atoms with Crippen LogP contribution in [0.3, 0.4) is 0 Å². The van der Waals surface area contributed by atoms with Gasteiger partial charge in [-0.1, -0.05) is 48.5 Å². The van der Waals surface area contributed by atoms with Gasteiger partial charge in [0.1, 0.15) is 0 Å². The highest BCUT2D eigenvalue weighted by molar-refractivity contribution is 5.83. The standard InChI is InChI=1S/C20H18N2O/c21-12-15-5-7-16(8-6-15)13-22-14-20(23)19-10-9-17-3-1-2-4-18(17)11-19/h1-11,20,22-23H,13-14H2. The summed E-state index contributed by atoms with van der Waals surface area (Å²) in [4.78, 5) is 0. The van der Waals surface area contributed by atoms with Gasteiger partial charge in [0.05, 0.1) is 17.7 Å². The molecule has 3 aromatic rings. The van der Waals surface area contributed by atoms with E-state index in [1.54, 1.807) is 12.1 Å². The van der Waals surface area contributed by atoms with Gasteiger partial charge in [0.25, 0.3) is 0 Å². The van der Waals surface area contributed by atoms with E-state index in [4.69, 9.17) is 5.26 Å². The van der Waals surface area contributed by atoms with Crippen LogP contribution in [0.5, 0.6) is 0 Å². The largest absolute Gasteiger partial charge is 0.387 e. The zero-order valence-corrected chi connectivity index (χ0v) is 12.7. The Morgan fingerprint density at radius 1 is 0.957 bits per heavy atom. The molecule has 0 aliphatic carbocycles. The SMILES string of the molecule is N#Cc1ccc(CNCC(O)c2ccc3ccccc3c2)cc1. The first-order chi connectivity index (χ1) is 11.3. The van der Waals surface area contributed by atoms with Crippen molar-refractivity contribution in [1.82, 2.24) is 5.32 Å². The molecule has 0 aliphatic rings. The number of hydrogen-bond donors (Lipinski definition) is 2. The summed E-state index contributed by atoms with van der Waals surface area (Å²) in [5.74, 6) is 0. The lowest BCUT2D eigenvalue weighted by atomic mass is 10.0. The fraction of sp³-hybridized carbons (Fsp3) is 0.150. The van der Waals surface area contributed by atoms with E-state index in [0.29, 0.717) is 18.7 Å². The van der Waals surface area contributed by atoms with Gasteiger partial charge in [-0.3, -0.25) is 0 Å². The molecule has 0 radical (unpaired) electrons. The van der Waals surface area contributed by atoms with Crippen LogP contribution in [-0.4, -0.2) is 11.7 Å². The van der Waals surface area contributed by atoms with Crippen LogP contribution < -0.4 is 5.32 Å². The zero-order valence-electron chi connectivity index (χ0n) is 12.7. The summed E-state index contributed by atoms with van der Waals surface area (Å²) in [6.45, 7) is 1.15. The summed E-state index contributed by atoms with van der Waals surface area (Å²) in [7, 11) is 0. The zero-order chi connectivity index (χ0) is 16.1. The summed E-state index contributed by atoms with van der Waals surface area (Å²) in [5, 5.41) is 24.7. The van der Waals surface area contributed by atoms with Crippen LogP contribution in [0.4, 0.5) is 0 Å². The summed E-state index contributed by atoms with van der Waals surface area (Å²) in [6, 6.07) is 23.7. The number of hydrogen-bond acceptors (Lipinski definition) is 3. The highest BCUT2D eigenvalue weighted by atomic mass is 16.3. The van der Waals surface area contributed by atoms with Crippen molar-refractivity contribution in [1.29, 1.82) is 5.26 Å². The molecule has 0 aromatic heterocycles. The molecule has 0 bridgehead atoms. The van der Waals surface area contributed by atoms with Gasteiger partial charge in [-0.05, 0) is 40.1 Å². The van der Waals surface area contributed by atoms with Crippen molar-refractivity contribution in [3.63, 3.8) is 0 Å². The van der Waals surface area contributed by atoms with E-state index < -0.39 is 6.10 Å². The van der Waals surface area contributed by atoms with Crippen LogP contribution in [0.15, 0.2) is 66.7 Å². The third-order valence-electron chi connectivity index (χ3n) is 3.91. The maximum absolute atomic E-state index is 10.3. The van der Waals surface area contributed by atoms with E-state index in [0.717, 1.165) is 16.5 Å². The number of fused-ring (bicyclic) bond motifs is 1. The minimum absolute atomic E-state index is 0.484. The number of nitrogens with zero attached hydrogens (tertiary/aromatic N) is 1. The highest BCUT2D eigenvalue weighted by Gasteiger charge is 2.07. The number of nitrogens with one attached hydrogen (secondary N) is 1. The first-order valence-corrected chi connectivity index (χ1v) is 7.63. The molecule has 3 nitrogen and oxygen atoms in total. The second kappa shape index (κ2) is 7.06. The normalized spacial score (nSPS) is 12.0. The molecule has 0 amide bonds. The molecule has 3 aromatic carbocycles. The molecule has 0 fully saturated rings. The van der Waals surface area contributed by atoms with Gasteiger partial charge in [-0.25, -0.2) is 0 Å². The Bertz CT molecular complexity index is 834. The molecule has 114 valence electrons. The molecule has 2 N–H and O–H groups in total. The average Bonchev–Trinajstić information content (AvgIpc) is 2.61. The third-order valence-corrected chi connectivity index (χ3v) is 3.91. The summed E-state index contributed by atoms with van der Waals surface area (Å²) < 4.78 is 0. The van der Waals surface area contributed by atoms with Crippen LogP contribution in [-0.2, 0) is 6.54 Å². The molecule has 0 saturated heterocycles. The molecule has 0 aliphatic heterocycles. The van der Waals surface area contributed by atoms with E-state index in [2.05, 4.69) is 23.5 Å². The maximum Gasteiger partial charge on any atom is 0.0991 e. The fourth-order valence-corrected chi connectivity index (χ4v) is 2.58. The van der Waals surface area contributed by atoms with Crippen molar-refractivity contribution in [2.45, 2.75) is 12.6 Å². The predicted molar refractivity (Wildman–Crippen MR) is 91.8 cm³/mol. The lowest BCUT2D eigenvalue weighted by Crippen LogP contribution is -2.21. The van der Waals surface area contributed by atoms with E-state index in [1.165, 1.54) is 5.39 Å². The van der Waals surface area contributed by atoms with Crippen molar-refractivity contribution in [2.24, 2.45) is 0 Å². The van der Waals surface area contributed by atoms with Gasteiger partial charge >= 0.3 is 0 Å².